The molecule has 0 bridgehead atoms. The van der Waals surface area contributed by atoms with Crippen LogP contribution in [0.2, 0.25) is 0 Å². The van der Waals surface area contributed by atoms with Gasteiger partial charge >= 0.3 is 6.18 Å². The summed E-state index contributed by atoms with van der Waals surface area (Å²) in [6, 6.07) is 1.82. The molecular formula is C18H18F3N3O2. The summed E-state index contributed by atoms with van der Waals surface area (Å²) < 4.78 is 37.5. The molecule has 8 heteroatoms. The summed E-state index contributed by atoms with van der Waals surface area (Å²) >= 11 is 0. The lowest BCUT2D eigenvalue weighted by Gasteiger charge is -2.20. The summed E-state index contributed by atoms with van der Waals surface area (Å²) in [5.74, 6) is -0.581. The highest BCUT2D eigenvalue weighted by Gasteiger charge is 2.32. The predicted octanol–water partition coefficient (Wildman–Crippen LogP) is 2.91. The second-order valence-corrected chi connectivity index (χ2v) is 6.33. The maximum atomic E-state index is 12.5. The van der Waals surface area contributed by atoms with Gasteiger partial charge in [-0.1, -0.05) is 0 Å². The molecule has 0 spiro atoms. The van der Waals surface area contributed by atoms with Crippen LogP contribution >= 0.6 is 0 Å². The van der Waals surface area contributed by atoms with Crippen LogP contribution in [0.4, 0.5) is 13.2 Å². The van der Waals surface area contributed by atoms with Crippen LogP contribution in [0.1, 0.15) is 51.3 Å². The molecule has 0 saturated heterocycles. The molecule has 0 radical (unpaired) electrons. The molecule has 2 heterocycles. The number of hydrogen-bond donors (Lipinski definition) is 2. The van der Waals surface area contributed by atoms with Crippen molar-refractivity contribution in [3.05, 3.63) is 62.3 Å². The Bertz CT molecular complexity index is 886. The minimum absolute atomic E-state index is 0.00467. The molecule has 1 aliphatic rings. The van der Waals surface area contributed by atoms with Crippen molar-refractivity contribution in [2.75, 3.05) is 0 Å². The van der Waals surface area contributed by atoms with Crippen LogP contribution in [0, 0.1) is 6.92 Å². The van der Waals surface area contributed by atoms with Gasteiger partial charge in [0.05, 0.1) is 5.56 Å². The van der Waals surface area contributed by atoms with E-state index in [1.165, 1.54) is 0 Å². The zero-order valence-electron chi connectivity index (χ0n) is 14.2. The van der Waals surface area contributed by atoms with E-state index in [0.717, 1.165) is 60.8 Å². The normalized spacial score (nSPS) is 14.0. The second kappa shape index (κ2) is 6.93. The van der Waals surface area contributed by atoms with E-state index in [2.05, 4.69) is 15.3 Å². The number of carbonyl (C=O) groups excluding carboxylic acids is 1. The number of pyridine rings is 2. The van der Waals surface area contributed by atoms with Gasteiger partial charge in [-0.15, -0.1) is 0 Å². The fourth-order valence-electron chi connectivity index (χ4n) is 3.20. The maximum Gasteiger partial charge on any atom is 0.433 e. The Kier molecular flexibility index (Phi) is 4.84. The Morgan fingerprint density at radius 3 is 2.65 bits per heavy atom. The lowest BCUT2D eigenvalue weighted by molar-refractivity contribution is -0.141. The number of aromatic nitrogens is 2. The lowest BCUT2D eigenvalue weighted by Crippen LogP contribution is -2.29. The third-order valence-corrected chi connectivity index (χ3v) is 4.65. The maximum absolute atomic E-state index is 12.5. The fourth-order valence-corrected chi connectivity index (χ4v) is 3.20. The topological polar surface area (TPSA) is 74.8 Å². The van der Waals surface area contributed by atoms with Gasteiger partial charge in [0.1, 0.15) is 5.69 Å². The highest BCUT2D eigenvalue weighted by molar-refractivity contribution is 5.93. The number of halogens is 3. The Hall–Kier alpha value is -2.64. The van der Waals surface area contributed by atoms with Crippen LogP contribution in [0.3, 0.4) is 0 Å². The van der Waals surface area contributed by atoms with Crippen LogP contribution < -0.4 is 10.9 Å². The zero-order valence-corrected chi connectivity index (χ0v) is 14.2. The third-order valence-electron chi connectivity index (χ3n) is 4.65. The van der Waals surface area contributed by atoms with Crippen LogP contribution in [0.25, 0.3) is 0 Å². The molecule has 2 aromatic heterocycles. The Labute approximate surface area is 147 Å². The van der Waals surface area contributed by atoms with Gasteiger partial charge in [-0.05, 0) is 55.9 Å². The van der Waals surface area contributed by atoms with Gasteiger partial charge in [-0.3, -0.25) is 14.6 Å². The van der Waals surface area contributed by atoms with Crippen molar-refractivity contribution in [1.82, 2.24) is 15.3 Å². The van der Waals surface area contributed by atoms with Crippen LogP contribution in [0.15, 0.2) is 23.1 Å². The average Bonchev–Trinajstić information content (AvgIpc) is 2.60. The average molecular weight is 365 g/mol. The molecule has 26 heavy (non-hydrogen) atoms. The zero-order chi connectivity index (χ0) is 18.9. The Morgan fingerprint density at radius 1 is 1.27 bits per heavy atom. The lowest BCUT2D eigenvalue weighted by atomic mass is 9.90. The van der Waals surface area contributed by atoms with Gasteiger partial charge in [0.2, 0.25) is 0 Å². The van der Waals surface area contributed by atoms with Crippen LogP contribution in [-0.2, 0) is 25.6 Å². The number of H-pyrrole nitrogens is 1. The summed E-state index contributed by atoms with van der Waals surface area (Å²) in [6.45, 7) is 1.87. The molecule has 0 unspecified atom stereocenters. The minimum atomic E-state index is -4.55. The van der Waals surface area contributed by atoms with E-state index in [1.807, 2.05) is 6.92 Å². The van der Waals surface area contributed by atoms with Gasteiger partial charge < -0.3 is 10.3 Å². The van der Waals surface area contributed by atoms with Gasteiger partial charge in [0, 0.05) is 24.0 Å². The molecule has 1 amide bonds. The van der Waals surface area contributed by atoms with E-state index < -0.39 is 17.8 Å². The van der Waals surface area contributed by atoms with Crippen molar-refractivity contribution in [3.63, 3.8) is 0 Å². The van der Waals surface area contributed by atoms with Crippen molar-refractivity contribution in [2.24, 2.45) is 0 Å². The van der Waals surface area contributed by atoms with E-state index in [9.17, 15) is 22.8 Å². The van der Waals surface area contributed by atoms with E-state index in [-0.39, 0.29) is 17.7 Å². The molecule has 2 N–H and O–H groups in total. The highest BCUT2D eigenvalue weighted by Crippen LogP contribution is 2.27. The van der Waals surface area contributed by atoms with Gasteiger partial charge in [0.25, 0.3) is 11.5 Å². The predicted molar refractivity (Wildman–Crippen MR) is 88.9 cm³/mol. The quantitative estimate of drug-likeness (QED) is 0.878. The first-order valence-corrected chi connectivity index (χ1v) is 8.32. The molecule has 0 atom stereocenters. The molecule has 0 aromatic carbocycles. The molecule has 0 saturated carbocycles. The molecule has 0 aliphatic heterocycles. The number of alkyl halides is 3. The third kappa shape index (κ3) is 3.63. The standard InChI is InChI=1S/C18H18F3N3O2/c1-10-12-4-2-3-5-14(12)24-17(26)13(10)9-23-16(25)11-6-7-15(22-8-11)18(19,20)21/h6-8H,2-5,9H2,1H3,(H,23,25)(H,24,26). The summed E-state index contributed by atoms with van der Waals surface area (Å²) in [4.78, 5) is 30.6. The molecule has 1 aliphatic carbocycles. The SMILES string of the molecule is Cc1c2c([nH]c(=O)c1CNC(=O)c1ccc(C(F)(F)F)nc1)CCCC2. The number of amides is 1. The Balaban J connectivity index is 1.75. The fraction of sp³-hybridized carbons (Fsp3) is 0.389. The largest absolute Gasteiger partial charge is 0.433 e. The number of aromatic amines is 1. The number of nitrogens with zero attached hydrogens (tertiary/aromatic N) is 1. The molecule has 3 rings (SSSR count). The first-order valence-electron chi connectivity index (χ1n) is 8.32. The van der Waals surface area contributed by atoms with Crippen molar-refractivity contribution in [3.8, 4) is 0 Å². The number of nitrogens with one attached hydrogen (secondary N) is 2. The second-order valence-electron chi connectivity index (χ2n) is 6.33. The first kappa shape index (κ1) is 18.2. The van der Waals surface area contributed by atoms with Crippen molar-refractivity contribution in [2.45, 2.75) is 45.3 Å². The van der Waals surface area contributed by atoms with E-state index in [0.29, 0.717) is 5.56 Å². The molecule has 0 fully saturated rings. The minimum Gasteiger partial charge on any atom is -0.348 e. The number of rotatable bonds is 3. The van der Waals surface area contributed by atoms with E-state index >= 15 is 0 Å². The number of aryl methyl sites for hydroxylation is 1. The summed E-state index contributed by atoms with van der Waals surface area (Å²) in [7, 11) is 0. The van der Waals surface area contributed by atoms with Gasteiger partial charge in [0.15, 0.2) is 0 Å². The van der Waals surface area contributed by atoms with Crippen molar-refractivity contribution >= 4 is 5.91 Å². The molecular weight excluding hydrogens is 347 g/mol. The van der Waals surface area contributed by atoms with Crippen molar-refractivity contribution < 1.29 is 18.0 Å². The smallest absolute Gasteiger partial charge is 0.348 e. The Morgan fingerprint density at radius 2 is 2.00 bits per heavy atom. The van der Waals surface area contributed by atoms with Crippen LogP contribution in [-0.4, -0.2) is 15.9 Å². The van der Waals surface area contributed by atoms with Crippen molar-refractivity contribution in [1.29, 1.82) is 0 Å². The highest BCUT2D eigenvalue weighted by atomic mass is 19.4. The molecule has 2 aromatic rings. The van der Waals surface area contributed by atoms with Gasteiger partial charge in [-0.25, -0.2) is 0 Å². The first-order chi connectivity index (χ1) is 12.3. The molecule has 138 valence electrons. The van der Waals surface area contributed by atoms with E-state index in [4.69, 9.17) is 0 Å². The van der Waals surface area contributed by atoms with Crippen LogP contribution in [0.5, 0.6) is 0 Å². The number of carbonyl (C=O) groups is 1. The summed E-state index contributed by atoms with van der Waals surface area (Å²) in [5, 5.41) is 2.58. The van der Waals surface area contributed by atoms with E-state index in [1.54, 1.807) is 0 Å². The molecule has 5 nitrogen and oxygen atoms in total. The summed E-state index contributed by atoms with van der Waals surface area (Å²) in [6.07, 6.45) is 0.157. The monoisotopic (exact) mass is 365 g/mol. The number of fused-ring (bicyclic) bond motifs is 1. The number of hydrogen-bond acceptors (Lipinski definition) is 3. The summed E-state index contributed by atoms with van der Waals surface area (Å²) in [5.41, 5.74) is 2.13. The van der Waals surface area contributed by atoms with Gasteiger partial charge in [-0.2, -0.15) is 13.2 Å².